The van der Waals surface area contributed by atoms with Gasteiger partial charge in [0.2, 0.25) is 0 Å². The van der Waals surface area contributed by atoms with E-state index in [0.717, 1.165) is 54.8 Å². The predicted molar refractivity (Wildman–Crippen MR) is 149 cm³/mol. The number of amides is 1. The van der Waals surface area contributed by atoms with Crippen LogP contribution in [0.4, 0.5) is 11.5 Å². The van der Waals surface area contributed by atoms with Gasteiger partial charge in [0.1, 0.15) is 22.9 Å². The Kier molecular flexibility index (Phi) is 6.64. The Balaban J connectivity index is 1.12. The van der Waals surface area contributed by atoms with E-state index in [9.17, 15) is 9.59 Å². The number of hydrogen-bond donors (Lipinski definition) is 3. The van der Waals surface area contributed by atoms with Crippen LogP contribution in [0.1, 0.15) is 72.0 Å². The number of benzene rings is 2. The van der Waals surface area contributed by atoms with Gasteiger partial charge in [0.15, 0.2) is 0 Å². The van der Waals surface area contributed by atoms with E-state index in [1.165, 1.54) is 12.5 Å². The van der Waals surface area contributed by atoms with Crippen LogP contribution in [0.15, 0.2) is 60.9 Å². The second-order valence-electron chi connectivity index (χ2n) is 10.5. The monoisotopic (exact) mass is 524 g/mol. The first-order valence-corrected chi connectivity index (χ1v) is 13.5. The fourth-order valence-electron chi connectivity index (χ4n) is 5.94. The molecule has 1 amide bonds. The molecule has 3 heterocycles. The van der Waals surface area contributed by atoms with Crippen LogP contribution in [0.5, 0.6) is 5.75 Å². The zero-order valence-electron chi connectivity index (χ0n) is 21.9. The lowest BCUT2D eigenvalue weighted by Crippen LogP contribution is -2.31. The number of nitrogen functional groups attached to an aromatic ring is 1. The third kappa shape index (κ3) is 5.04. The van der Waals surface area contributed by atoms with Crippen molar-refractivity contribution in [1.29, 1.82) is 0 Å². The highest BCUT2D eigenvalue weighted by molar-refractivity contribution is 5.94. The summed E-state index contributed by atoms with van der Waals surface area (Å²) in [6.07, 6.45) is 8.55. The first-order chi connectivity index (χ1) is 19.0. The highest BCUT2D eigenvalue weighted by Crippen LogP contribution is 2.40. The van der Waals surface area contributed by atoms with Crippen LogP contribution >= 0.6 is 0 Å². The molecule has 9 heteroatoms. The summed E-state index contributed by atoms with van der Waals surface area (Å²) in [4.78, 5) is 33.5. The molecular weight excluding hydrogens is 492 g/mol. The molecule has 0 bridgehead atoms. The standard InChI is InChI=1S/C30H32N6O3/c1-18(37)39-23-7-4-6-22(15-23)30(38)33-17-19-9-11-20(12-10-19)29-35-26(27-28(31)32-13-14-36(27)29)25-16-21-5-2-3-8-24(21)34-25/h2-8,13-15,19-20,25,34H,9-12,16-17H2,1H3,(H2,31,32)(H,33,38). The number of anilines is 2. The normalized spacial score (nSPS) is 20.3. The van der Waals surface area contributed by atoms with E-state index < -0.39 is 5.97 Å². The third-order valence-electron chi connectivity index (χ3n) is 7.86. The number of carbonyl (C=O) groups excluding carboxylic acids is 2. The fourth-order valence-corrected chi connectivity index (χ4v) is 5.94. The Morgan fingerprint density at radius 3 is 2.74 bits per heavy atom. The Morgan fingerprint density at radius 1 is 1.13 bits per heavy atom. The molecule has 0 spiro atoms. The Bertz CT molecular complexity index is 1510. The number of rotatable bonds is 6. The molecule has 0 saturated heterocycles. The van der Waals surface area contributed by atoms with Gasteiger partial charge in [0.25, 0.3) is 5.91 Å². The lowest BCUT2D eigenvalue weighted by Gasteiger charge is -2.28. The number of fused-ring (bicyclic) bond motifs is 2. The van der Waals surface area contributed by atoms with Gasteiger partial charge in [0, 0.05) is 49.5 Å². The number of carbonyl (C=O) groups is 2. The highest BCUT2D eigenvalue weighted by atomic mass is 16.5. The highest BCUT2D eigenvalue weighted by Gasteiger charge is 2.31. The quantitative estimate of drug-likeness (QED) is 0.248. The minimum atomic E-state index is -0.412. The SMILES string of the molecule is CC(=O)Oc1cccc(C(=O)NCC2CCC(c3nc(C4Cc5ccccc5N4)c4c(N)nccn34)CC2)c1. The van der Waals surface area contributed by atoms with Crippen LogP contribution in [-0.4, -0.2) is 32.8 Å². The molecule has 1 saturated carbocycles. The molecule has 0 radical (unpaired) electrons. The zero-order chi connectivity index (χ0) is 26.9. The lowest BCUT2D eigenvalue weighted by molar-refractivity contribution is -0.131. The summed E-state index contributed by atoms with van der Waals surface area (Å²) >= 11 is 0. The number of aromatic nitrogens is 3. The summed E-state index contributed by atoms with van der Waals surface area (Å²) < 4.78 is 7.23. The number of hydrogen-bond acceptors (Lipinski definition) is 7. The van der Waals surface area contributed by atoms with Crippen molar-refractivity contribution in [3.05, 3.63) is 83.6 Å². The molecule has 9 nitrogen and oxygen atoms in total. The van der Waals surface area contributed by atoms with Crippen LogP contribution in [0.3, 0.4) is 0 Å². The summed E-state index contributed by atoms with van der Waals surface area (Å²) in [5.41, 5.74) is 11.1. The van der Waals surface area contributed by atoms with Gasteiger partial charge < -0.3 is 21.1 Å². The van der Waals surface area contributed by atoms with Gasteiger partial charge in [-0.25, -0.2) is 9.97 Å². The maximum Gasteiger partial charge on any atom is 0.308 e. The fraction of sp³-hybridized carbons (Fsp3) is 0.333. The molecule has 1 aliphatic heterocycles. The zero-order valence-corrected chi connectivity index (χ0v) is 21.9. The van der Waals surface area contributed by atoms with Gasteiger partial charge in [-0.3, -0.25) is 14.0 Å². The molecule has 1 unspecified atom stereocenters. The predicted octanol–water partition coefficient (Wildman–Crippen LogP) is 4.65. The van der Waals surface area contributed by atoms with Crippen molar-refractivity contribution in [3.63, 3.8) is 0 Å². The molecule has 39 heavy (non-hydrogen) atoms. The van der Waals surface area contributed by atoms with E-state index >= 15 is 0 Å². The average Bonchev–Trinajstić information content (AvgIpc) is 3.54. The molecule has 1 atom stereocenters. The maximum atomic E-state index is 12.7. The van der Waals surface area contributed by atoms with Crippen molar-refractivity contribution in [3.8, 4) is 5.75 Å². The Morgan fingerprint density at radius 2 is 1.95 bits per heavy atom. The second kappa shape index (κ2) is 10.4. The molecule has 4 N–H and O–H groups in total. The topological polar surface area (TPSA) is 124 Å². The summed E-state index contributed by atoms with van der Waals surface area (Å²) in [6.45, 7) is 1.95. The molecular formula is C30H32N6O3. The van der Waals surface area contributed by atoms with Gasteiger partial charge in [-0.05, 0) is 61.4 Å². The van der Waals surface area contributed by atoms with E-state index in [0.29, 0.717) is 35.5 Å². The largest absolute Gasteiger partial charge is 0.427 e. The van der Waals surface area contributed by atoms with Crippen molar-refractivity contribution < 1.29 is 14.3 Å². The molecule has 1 aliphatic carbocycles. The van der Waals surface area contributed by atoms with E-state index in [-0.39, 0.29) is 11.9 Å². The first kappa shape index (κ1) is 24.9. The van der Waals surface area contributed by atoms with Gasteiger partial charge in [-0.15, -0.1) is 0 Å². The van der Waals surface area contributed by atoms with Crippen molar-refractivity contribution in [2.75, 3.05) is 17.6 Å². The van der Waals surface area contributed by atoms with Crippen LogP contribution in [0.2, 0.25) is 0 Å². The minimum absolute atomic E-state index is 0.0588. The molecule has 200 valence electrons. The number of ether oxygens (including phenoxy) is 1. The molecule has 4 aromatic rings. The molecule has 6 rings (SSSR count). The number of nitrogens with one attached hydrogen (secondary N) is 2. The molecule has 2 aromatic heterocycles. The van der Waals surface area contributed by atoms with Gasteiger partial charge >= 0.3 is 5.97 Å². The van der Waals surface area contributed by atoms with Crippen LogP contribution < -0.4 is 21.1 Å². The summed E-state index contributed by atoms with van der Waals surface area (Å²) in [6, 6.07) is 15.1. The second-order valence-corrected chi connectivity index (χ2v) is 10.5. The van der Waals surface area contributed by atoms with Crippen molar-refractivity contribution in [1.82, 2.24) is 19.7 Å². The number of para-hydroxylation sites is 1. The van der Waals surface area contributed by atoms with E-state index in [4.69, 9.17) is 15.5 Å². The molecule has 1 fully saturated rings. The van der Waals surface area contributed by atoms with Gasteiger partial charge in [-0.2, -0.15) is 0 Å². The van der Waals surface area contributed by atoms with E-state index in [1.807, 2.05) is 12.3 Å². The molecule has 2 aromatic carbocycles. The maximum absolute atomic E-state index is 12.7. The minimum Gasteiger partial charge on any atom is -0.427 e. The average molecular weight is 525 g/mol. The smallest absolute Gasteiger partial charge is 0.308 e. The van der Waals surface area contributed by atoms with Gasteiger partial charge in [0.05, 0.1) is 11.7 Å². The number of nitrogens with two attached hydrogens (primary N) is 1. The third-order valence-corrected chi connectivity index (χ3v) is 7.86. The van der Waals surface area contributed by atoms with Gasteiger partial charge in [-0.1, -0.05) is 24.3 Å². The van der Waals surface area contributed by atoms with E-state index in [2.05, 4.69) is 38.2 Å². The Hall–Kier alpha value is -4.40. The van der Waals surface area contributed by atoms with Crippen LogP contribution in [-0.2, 0) is 11.2 Å². The number of nitrogens with zero attached hydrogens (tertiary/aromatic N) is 3. The summed E-state index contributed by atoms with van der Waals surface area (Å²) in [7, 11) is 0. The summed E-state index contributed by atoms with van der Waals surface area (Å²) in [5, 5.41) is 6.68. The van der Waals surface area contributed by atoms with Crippen molar-refractivity contribution in [2.45, 2.75) is 51.0 Å². The number of esters is 1. The van der Waals surface area contributed by atoms with E-state index in [1.54, 1.807) is 30.5 Å². The Labute approximate surface area is 226 Å². The first-order valence-electron chi connectivity index (χ1n) is 13.5. The lowest BCUT2D eigenvalue weighted by atomic mass is 9.81. The number of imidazole rings is 1. The van der Waals surface area contributed by atoms with Crippen molar-refractivity contribution in [2.24, 2.45) is 5.92 Å². The summed E-state index contributed by atoms with van der Waals surface area (Å²) in [5.74, 6) is 2.03. The van der Waals surface area contributed by atoms with Crippen molar-refractivity contribution >= 4 is 28.9 Å². The van der Waals surface area contributed by atoms with Crippen LogP contribution in [0, 0.1) is 5.92 Å². The van der Waals surface area contributed by atoms with Crippen LogP contribution in [0.25, 0.3) is 5.52 Å². The molecule has 2 aliphatic rings.